The Hall–Kier alpha value is -4.22. The number of carbonyl (C=O) groups is 1. The van der Waals surface area contributed by atoms with Gasteiger partial charge in [-0.25, -0.2) is 22.8 Å². The monoisotopic (exact) mass is 609 g/mol. The van der Waals surface area contributed by atoms with Crippen LogP contribution in [0.5, 0.6) is 0 Å². The van der Waals surface area contributed by atoms with Crippen LogP contribution < -0.4 is 5.32 Å². The van der Waals surface area contributed by atoms with Crippen molar-refractivity contribution in [2.75, 3.05) is 18.5 Å². The van der Waals surface area contributed by atoms with Crippen LogP contribution in [0.4, 0.5) is 18.9 Å². The van der Waals surface area contributed by atoms with E-state index in [1.54, 1.807) is 31.2 Å². The van der Waals surface area contributed by atoms with Crippen LogP contribution in [-0.4, -0.2) is 49.5 Å². The van der Waals surface area contributed by atoms with Crippen molar-refractivity contribution in [1.29, 1.82) is 5.26 Å². The molecule has 0 saturated carbocycles. The number of nitrogens with one attached hydrogen (secondary N) is 1. The molecule has 0 bridgehead atoms. The first-order chi connectivity index (χ1) is 20.7. The van der Waals surface area contributed by atoms with Crippen molar-refractivity contribution in [3.8, 4) is 6.07 Å². The second-order valence-electron chi connectivity index (χ2n) is 9.92. The van der Waals surface area contributed by atoms with E-state index in [0.29, 0.717) is 5.56 Å². The first-order valence-electron chi connectivity index (χ1n) is 13.2. The average Bonchev–Trinajstić information content (AvgIpc) is 3.51. The van der Waals surface area contributed by atoms with Crippen LogP contribution >= 0.6 is 11.8 Å². The fourth-order valence-electron chi connectivity index (χ4n) is 4.66. The summed E-state index contributed by atoms with van der Waals surface area (Å²) in [6.45, 7) is 2.14. The van der Waals surface area contributed by atoms with E-state index in [-0.39, 0.29) is 47.4 Å². The molecule has 1 aliphatic heterocycles. The van der Waals surface area contributed by atoms with Gasteiger partial charge in [-0.05, 0) is 36.4 Å². The highest BCUT2D eigenvalue weighted by atomic mass is 32.2. The Bertz CT molecular complexity index is 1630. The van der Waals surface area contributed by atoms with Crippen LogP contribution in [0.25, 0.3) is 0 Å². The molecule has 9 nitrogen and oxygen atoms in total. The fourth-order valence-corrected chi connectivity index (χ4v) is 5.98. The standard InChI is InChI=1S/C30H26F3N5O4S/c1-18(30(40,15-38-17-35-16-36-38)24-8-7-22(31)11-25(24)32)43-23-13-41-29(42-14-23)21-5-3-20(4-6-21)28(39)37-27-9-2-19(12-34)10-26(27)33/h2-11,16-18,23,29,40H,13-15H2,1H3,(H,37,39)/t18-,23-,29-,30-/m1/s1. The second-order valence-corrected chi connectivity index (χ2v) is 11.6. The van der Waals surface area contributed by atoms with Crippen molar-refractivity contribution in [3.05, 3.63) is 113 Å². The Morgan fingerprint density at radius 1 is 1.14 bits per heavy atom. The molecule has 1 saturated heterocycles. The van der Waals surface area contributed by atoms with E-state index >= 15 is 0 Å². The Balaban J connectivity index is 1.20. The molecule has 1 amide bonds. The number of benzene rings is 3. The number of aliphatic hydroxyl groups is 1. The molecule has 222 valence electrons. The maximum atomic E-state index is 14.8. The molecule has 2 atom stereocenters. The zero-order chi connectivity index (χ0) is 30.6. The van der Waals surface area contributed by atoms with Crippen molar-refractivity contribution in [2.24, 2.45) is 0 Å². The van der Waals surface area contributed by atoms with Crippen LogP contribution in [0.15, 0.2) is 73.3 Å². The number of nitrogens with zero attached hydrogens (tertiary/aromatic N) is 4. The molecule has 1 fully saturated rings. The van der Waals surface area contributed by atoms with E-state index in [0.717, 1.165) is 18.2 Å². The highest BCUT2D eigenvalue weighted by molar-refractivity contribution is 8.00. The molecule has 3 aromatic carbocycles. The highest BCUT2D eigenvalue weighted by Crippen LogP contribution is 2.39. The number of nitriles is 1. The molecule has 4 aromatic rings. The minimum atomic E-state index is -1.76. The van der Waals surface area contributed by atoms with E-state index in [1.165, 1.54) is 47.3 Å². The number of anilines is 1. The van der Waals surface area contributed by atoms with Gasteiger partial charge >= 0.3 is 0 Å². The number of rotatable bonds is 9. The van der Waals surface area contributed by atoms with Gasteiger partial charge in [-0.15, -0.1) is 11.8 Å². The molecule has 2 N–H and O–H groups in total. The lowest BCUT2D eigenvalue weighted by molar-refractivity contribution is -0.180. The number of carbonyl (C=O) groups excluding carboxylic acids is 1. The van der Waals surface area contributed by atoms with Gasteiger partial charge in [0, 0.05) is 28.0 Å². The van der Waals surface area contributed by atoms with Gasteiger partial charge in [-0.3, -0.25) is 4.79 Å². The van der Waals surface area contributed by atoms with Gasteiger partial charge in [0.15, 0.2) is 6.29 Å². The summed E-state index contributed by atoms with van der Waals surface area (Å²) in [5.74, 6) is -2.86. The summed E-state index contributed by atoms with van der Waals surface area (Å²) in [6.07, 6.45) is 2.00. The predicted octanol–water partition coefficient (Wildman–Crippen LogP) is 4.94. The summed E-state index contributed by atoms with van der Waals surface area (Å²) < 4.78 is 55.8. The smallest absolute Gasteiger partial charge is 0.255 e. The SMILES string of the molecule is C[C@@H](S[C@H]1CO[C@H](c2ccc(C(=O)Nc3ccc(C#N)cc3F)cc2)OC1)[C@](O)(Cn1cncn1)c1ccc(F)cc1F. The quantitative estimate of drug-likeness (QED) is 0.274. The first kappa shape index (κ1) is 30.2. The minimum absolute atomic E-state index is 0.0415. The normalized spacial score (nSPS) is 18.8. The van der Waals surface area contributed by atoms with Crippen LogP contribution in [-0.2, 0) is 21.6 Å². The lowest BCUT2D eigenvalue weighted by atomic mass is 9.90. The average molecular weight is 610 g/mol. The van der Waals surface area contributed by atoms with Crippen LogP contribution in [0, 0.1) is 28.8 Å². The van der Waals surface area contributed by atoms with E-state index in [2.05, 4.69) is 15.4 Å². The lowest BCUT2D eigenvalue weighted by Crippen LogP contribution is -2.43. The zero-order valence-corrected chi connectivity index (χ0v) is 23.6. The molecular weight excluding hydrogens is 583 g/mol. The highest BCUT2D eigenvalue weighted by Gasteiger charge is 2.41. The molecule has 13 heteroatoms. The molecule has 5 rings (SSSR count). The number of amides is 1. The summed E-state index contributed by atoms with van der Waals surface area (Å²) in [6, 6.07) is 15.1. The Morgan fingerprint density at radius 3 is 2.51 bits per heavy atom. The van der Waals surface area contributed by atoms with Crippen LogP contribution in [0.1, 0.15) is 40.3 Å². The lowest BCUT2D eigenvalue weighted by Gasteiger charge is -2.37. The van der Waals surface area contributed by atoms with Gasteiger partial charge in [-0.2, -0.15) is 10.4 Å². The summed E-state index contributed by atoms with van der Waals surface area (Å²) >= 11 is 1.34. The van der Waals surface area contributed by atoms with Crippen molar-refractivity contribution in [2.45, 2.75) is 35.9 Å². The molecule has 0 radical (unpaired) electrons. The Morgan fingerprint density at radius 2 is 1.88 bits per heavy atom. The third-order valence-electron chi connectivity index (χ3n) is 6.99. The Kier molecular flexibility index (Phi) is 9.12. The number of ether oxygens (including phenoxy) is 2. The van der Waals surface area contributed by atoms with E-state index < -0.39 is 40.5 Å². The maximum absolute atomic E-state index is 14.8. The van der Waals surface area contributed by atoms with Gasteiger partial charge in [0.05, 0.1) is 42.3 Å². The molecule has 43 heavy (non-hydrogen) atoms. The zero-order valence-electron chi connectivity index (χ0n) is 22.8. The van der Waals surface area contributed by atoms with Crippen molar-refractivity contribution in [3.63, 3.8) is 0 Å². The Labute approximate surface area is 249 Å². The summed E-state index contributed by atoms with van der Waals surface area (Å²) in [5, 5.41) is 26.3. The van der Waals surface area contributed by atoms with Crippen molar-refractivity contribution in [1.82, 2.24) is 14.8 Å². The second kappa shape index (κ2) is 13.0. The number of thioether (sulfide) groups is 1. The number of aromatic nitrogens is 3. The summed E-state index contributed by atoms with van der Waals surface area (Å²) in [4.78, 5) is 16.5. The minimum Gasteiger partial charge on any atom is -0.382 e. The molecule has 1 aliphatic rings. The van der Waals surface area contributed by atoms with Crippen molar-refractivity contribution < 1.29 is 32.5 Å². The largest absolute Gasteiger partial charge is 0.382 e. The summed E-state index contributed by atoms with van der Waals surface area (Å²) in [5.41, 5.74) is -0.777. The van der Waals surface area contributed by atoms with Gasteiger partial charge < -0.3 is 19.9 Å². The van der Waals surface area contributed by atoms with E-state index in [9.17, 15) is 23.1 Å². The molecule has 0 unspecified atom stereocenters. The predicted molar refractivity (Wildman–Crippen MR) is 151 cm³/mol. The van der Waals surface area contributed by atoms with Crippen molar-refractivity contribution >= 4 is 23.4 Å². The van der Waals surface area contributed by atoms with Crippen LogP contribution in [0.2, 0.25) is 0 Å². The topological polar surface area (TPSA) is 122 Å². The molecular formula is C30H26F3N5O4S. The number of hydrogen-bond donors (Lipinski definition) is 2. The fraction of sp³-hybridized carbons (Fsp3) is 0.267. The molecule has 0 spiro atoms. The van der Waals surface area contributed by atoms with Gasteiger partial charge in [0.25, 0.3) is 5.91 Å². The molecule has 2 heterocycles. The molecule has 1 aromatic heterocycles. The van der Waals surface area contributed by atoms with Crippen LogP contribution in [0.3, 0.4) is 0 Å². The third kappa shape index (κ3) is 6.89. The summed E-state index contributed by atoms with van der Waals surface area (Å²) in [7, 11) is 0. The first-order valence-corrected chi connectivity index (χ1v) is 14.1. The van der Waals surface area contributed by atoms with E-state index in [4.69, 9.17) is 14.7 Å². The number of hydrogen-bond acceptors (Lipinski definition) is 8. The maximum Gasteiger partial charge on any atom is 0.255 e. The van der Waals surface area contributed by atoms with Gasteiger partial charge in [-0.1, -0.05) is 25.1 Å². The van der Waals surface area contributed by atoms with E-state index in [1.807, 2.05) is 6.07 Å². The third-order valence-corrected chi connectivity index (χ3v) is 8.45. The molecule has 0 aliphatic carbocycles. The number of halogens is 3. The van der Waals surface area contributed by atoms with Gasteiger partial charge in [0.2, 0.25) is 0 Å². The van der Waals surface area contributed by atoms with Gasteiger partial charge in [0.1, 0.15) is 35.7 Å².